The zero-order valence-electron chi connectivity index (χ0n) is 13.8. The van der Waals surface area contributed by atoms with Crippen molar-refractivity contribution in [2.45, 2.75) is 50.1 Å². The molecule has 0 aromatic carbocycles. The Balaban J connectivity index is 0.000000301. The molecule has 0 radical (unpaired) electrons. The molecule has 3 rings (SSSR count). The Bertz CT molecular complexity index is 569. The molecule has 2 fully saturated rings. The number of hydrogen-bond acceptors (Lipinski definition) is 7. The van der Waals surface area contributed by atoms with Gasteiger partial charge in [-0.3, -0.25) is 4.90 Å². The Hall–Kier alpha value is -1.19. The molecule has 1 aromatic heterocycles. The normalized spacial score (nSPS) is 28.1. The second kappa shape index (κ2) is 8.77. The first kappa shape index (κ1) is 19.1. The molecule has 0 aliphatic carbocycles. The minimum absolute atomic E-state index is 0.639. The molecule has 0 saturated carbocycles. The van der Waals surface area contributed by atoms with Gasteiger partial charge in [0.25, 0.3) is 0 Å². The molecule has 2 N–H and O–H groups in total. The van der Waals surface area contributed by atoms with Gasteiger partial charge >= 0.3 is 11.9 Å². The fourth-order valence-corrected chi connectivity index (χ4v) is 5.06. The molecule has 4 atom stereocenters. The van der Waals surface area contributed by atoms with E-state index in [9.17, 15) is 0 Å². The Morgan fingerprint density at radius 2 is 2.04 bits per heavy atom. The fraction of sp³-hybridized carbons (Fsp3) is 0.733. The number of carboxylic acids is 2. The SMILES string of the molecule is CCCSc1nsnc1C1CN2CCCC1C2C.O=C(O)C(=O)O. The topological polar surface area (TPSA) is 104 Å². The lowest BCUT2D eigenvalue weighted by Gasteiger charge is -2.30. The maximum Gasteiger partial charge on any atom is 0.414 e. The summed E-state index contributed by atoms with van der Waals surface area (Å²) >= 11 is 3.29. The van der Waals surface area contributed by atoms with Crippen LogP contribution in [0.1, 0.15) is 44.7 Å². The molecule has 2 bridgehead atoms. The standard InChI is InChI=1S/C13H21N3S2.C2H2O4/c1-3-7-17-13-12(14-18-15-13)11-8-16-6-4-5-10(11)9(16)2;3-1(4)2(5)6/h9-11H,3-8H2,1-2H3;(H,3,4)(H,5,6). The van der Waals surface area contributed by atoms with E-state index in [-0.39, 0.29) is 0 Å². The van der Waals surface area contributed by atoms with Crippen molar-refractivity contribution in [3.05, 3.63) is 5.69 Å². The van der Waals surface area contributed by atoms with Gasteiger partial charge in [0.2, 0.25) is 0 Å². The summed E-state index contributed by atoms with van der Waals surface area (Å²) in [5.74, 6) is -1.04. The van der Waals surface area contributed by atoms with Crippen LogP contribution in [0, 0.1) is 5.92 Å². The van der Waals surface area contributed by atoms with Crippen molar-refractivity contribution in [3.8, 4) is 0 Å². The number of carboxylic acid groups (broad SMARTS) is 2. The predicted molar refractivity (Wildman–Crippen MR) is 92.7 cm³/mol. The highest BCUT2D eigenvalue weighted by Gasteiger charge is 2.43. The van der Waals surface area contributed by atoms with Gasteiger partial charge < -0.3 is 10.2 Å². The van der Waals surface area contributed by atoms with Gasteiger partial charge in [-0.05, 0) is 44.4 Å². The molecule has 4 unspecified atom stereocenters. The van der Waals surface area contributed by atoms with Crippen molar-refractivity contribution >= 4 is 35.4 Å². The first-order chi connectivity index (χ1) is 11.5. The molecule has 3 heterocycles. The number of hydrogen-bond donors (Lipinski definition) is 2. The first-order valence-corrected chi connectivity index (χ1v) is 9.82. The van der Waals surface area contributed by atoms with Crippen molar-refractivity contribution in [3.63, 3.8) is 0 Å². The number of aliphatic carboxylic acids is 2. The highest BCUT2D eigenvalue weighted by Crippen LogP contribution is 2.44. The average Bonchev–Trinajstić information content (AvgIpc) is 3.04. The lowest BCUT2D eigenvalue weighted by atomic mass is 9.84. The first-order valence-electron chi connectivity index (χ1n) is 8.11. The van der Waals surface area contributed by atoms with Crippen LogP contribution in [0.3, 0.4) is 0 Å². The number of fused-ring (bicyclic) bond motifs is 2. The second-order valence-corrected chi connectivity index (χ2v) is 7.67. The van der Waals surface area contributed by atoms with Gasteiger partial charge in [0, 0.05) is 18.5 Å². The molecule has 0 amide bonds. The molecule has 2 saturated heterocycles. The molecule has 0 spiro atoms. The Labute approximate surface area is 149 Å². The van der Waals surface area contributed by atoms with Crippen LogP contribution in [0.15, 0.2) is 5.03 Å². The van der Waals surface area contributed by atoms with Crippen LogP contribution < -0.4 is 0 Å². The summed E-state index contributed by atoms with van der Waals surface area (Å²) < 4.78 is 9.14. The second-order valence-electron chi connectivity index (χ2n) is 6.06. The number of rotatable bonds is 4. The minimum Gasteiger partial charge on any atom is -0.473 e. The number of nitrogens with zero attached hydrogens (tertiary/aromatic N) is 3. The molecule has 7 nitrogen and oxygen atoms in total. The highest BCUT2D eigenvalue weighted by atomic mass is 32.2. The van der Waals surface area contributed by atoms with Crippen LogP contribution in [0.25, 0.3) is 0 Å². The zero-order chi connectivity index (χ0) is 17.7. The Morgan fingerprint density at radius 1 is 1.33 bits per heavy atom. The van der Waals surface area contributed by atoms with E-state index in [0.717, 1.165) is 17.7 Å². The summed E-state index contributed by atoms with van der Waals surface area (Å²) in [6.07, 6.45) is 3.94. The Kier molecular flexibility index (Phi) is 7.00. The van der Waals surface area contributed by atoms with Gasteiger partial charge in [-0.2, -0.15) is 8.75 Å². The highest BCUT2D eigenvalue weighted by molar-refractivity contribution is 7.99. The van der Waals surface area contributed by atoms with Gasteiger partial charge in [-0.1, -0.05) is 6.92 Å². The summed E-state index contributed by atoms with van der Waals surface area (Å²) in [5, 5.41) is 16.0. The third kappa shape index (κ3) is 4.46. The van der Waals surface area contributed by atoms with Crippen LogP contribution >= 0.6 is 23.5 Å². The zero-order valence-corrected chi connectivity index (χ0v) is 15.5. The molecular formula is C15H23N3O4S2. The van der Waals surface area contributed by atoms with Crippen molar-refractivity contribution in [2.24, 2.45) is 5.92 Å². The largest absolute Gasteiger partial charge is 0.473 e. The monoisotopic (exact) mass is 373 g/mol. The fourth-order valence-electron chi connectivity index (χ4n) is 3.43. The van der Waals surface area contributed by atoms with Crippen molar-refractivity contribution < 1.29 is 19.8 Å². The Morgan fingerprint density at radius 3 is 2.62 bits per heavy atom. The summed E-state index contributed by atoms with van der Waals surface area (Å²) in [6, 6.07) is 0.745. The van der Waals surface area contributed by atoms with E-state index in [0.29, 0.717) is 5.92 Å². The van der Waals surface area contributed by atoms with Gasteiger partial charge in [-0.25, -0.2) is 9.59 Å². The molecule has 9 heteroatoms. The lowest BCUT2D eigenvalue weighted by molar-refractivity contribution is -0.159. The molecule has 134 valence electrons. The van der Waals surface area contributed by atoms with Crippen LogP contribution in [-0.2, 0) is 9.59 Å². The maximum absolute atomic E-state index is 9.10. The smallest absolute Gasteiger partial charge is 0.414 e. The van der Waals surface area contributed by atoms with Crippen LogP contribution in [0.5, 0.6) is 0 Å². The van der Waals surface area contributed by atoms with E-state index in [2.05, 4.69) is 27.5 Å². The number of aromatic nitrogens is 2. The van der Waals surface area contributed by atoms with Gasteiger partial charge in [-0.15, -0.1) is 11.8 Å². The third-order valence-corrected chi connectivity index (χ3v) is 6.43. The van der Waals surface area contributed by atoms with Crippen LogP contribution in [-0.4, -0.2) is 60.7 Å². The molecule has 2 aliphatic rings. The molecular weight excluding hydrogens is 350 g/mol. The molecule has 2 aliphatic heterocycles. The van der Waals surface area contributed by atoms with E-state index < -0.39 is 11.9 Å². The van der Waals surface area contributed by atoms with E-state index in [1.165, 1.54) is 54.8 Å². The van der Waals surface area contributed by atoms with E-state index in [4.69, 9.17) is 19.8 Å². The number of thioether (sulfide) groups is 1. The van der Waals surface area contributed by atoms with E-state index in [1.807, 2.05) is 11.8 Å². The minimum atomic E-state index is -1.82. The molecule has 24 heavy (non-hydrogen) atoms. The third-order valence-electron chi connectivity index (χ3n) is 4.59. The molecule has 1 aromatic rings. The summed E-state index contributed by atoms with van der Waals surface area (Å²) in [5.41, 5.74) is 1.31. The van der Waals surface area contributed by atoms with Crippen LogP contribution in [0.4, 0.5) is 0 Å². The quantitative estimate of drug-likeness (QED) is 0.612. The van der Waals surface area contributed by atoms with Gasteiger partial charge in [0.1, 0.15) is 5.03 Å². The summed E-state index contributed by atoms with van der Waals surface area (Å²) in [6.45, 7) is 7.10. The lowest BCUT2D eigenvalue weighted by Crippen LogP contribution is -2.34. The van der Waals surface area contributed by atoms with E-state index >= 15 is 0 Å². The van der Waals surface area contributed by atoms with Crippen molar-refractivity contribution in [1.29, 1.82) is 0 Å². The average molecular weight is 374 g/mol. The van der Waals surface area contributed by atoms with Gasteiger partial charge in [0.15, 0.2) is 0 Å². The van der Waals surface area contributed by atoms with Crippen molar-refractivity contribution in [2.75, 3.05) is 18.8 Å². The maximum atomic E-state index is 9.10. The van der Waals surface area contributed by atoms with Crippen molar-refractivity contribution in [1.82, 2.24) is 13.6 Å². The van der Waals surface area contributed by atoms with Crippen LogP contribution in [0.2, 0.25) is 0 Å². The number of piperidine rings is 1. The summed E-state index contributed by atoms with van der Waals surface area (Å²) in [7, 11) is 0. The predicted octanol–water partition coefficient (Wildman–Crippen LogP) is 2.39. The van der Waals surface area contributed by atoms with Gasteiger partial charge in [0.05, 0.1) is 17.4 Å². The number of carbonyl (C=O) groups is 2. The van der Waals surface area contributed by atoms with E-state index in [1.54, 1.807) is 0 Å². The summed E-state index contributed by atoms with van der Waals surface area (Å²) in [4.78, 5) is 20.8.